The molecule has 15 heavy (non-hydrogen) atoms. The van der Waals surface area contributed by atoms with Crippen LogP contribution in [0.25, 0.3) is 6.08 Å². The average molecular weight is 204 g/mol. The summed E-state index contributed by atoms with van der Waals surface area (Å²) in [6, 6.07) is 7.34. The number of hydrogen-bond acceptors (Lipinski definition) is 1. The Morgan fingerprint density at radius 2 is 2.07 bits per heavy atom. The van der Waals surface area contributed by atoms with E-state index in [-0.39, 0.29) is 0 Å². The van der Waals surface area contributed by atoms with Crippen molar-refractivity contribution in [2.75, 3.05) is 0 Å². The third-order valence-corrected chi connectivity index (χ3v) is 2.40. The second-order valence-electron chi connectivity index (χ2n) is 3.85. The molecule has 0 aliphatic heterocycles. The van der Waals surface area contributed by atoms with Crippen molar-refractivity contribution in [3.8, 4) is 5.75 Å². The molecule has 1 N–H and O–H groups in total. The van der Waals surface area contributed by atoms with Gasteiger partial charge in [-0.3, -0.25) is 0 Å². The molecule has 82 valence electrons. The van der Waals surface area contributed by atoms with Crippen molar-refractivity contribution in [1.29, 1.82) is 0 Å². The fraction of sp³-hybridized carbons (Fsp3) is 0.429. The number of benzene rings is 1. The first-order valence-electron chi connectivity index (χ1n) is 5.78. The predicted octanol–water partition coefficient (Wildman–Crippen LogP) is 4.38. The van der Waals surface area contributed by atoms with Gasteiger partial charge in [0.05, 0.1) is 0 Å². The molecule has 0 unspecified atom stereocenters. The van der Waals surface area contributed by atoms with Crippen LogP contribution in [0.4, 0.5) is 0 Å². The molecule has 0 amide bonds. The topological polar surface area (TPSA) is 20.2 Å². The highest BCUT2D eigenvalue weighted by Crippen LogP contribution is 2.13. The van der Waals surface area contributed by atoms with E-state index >= 15 is 0 Å². The number of rotatable bonds is 6. The van der Waals surface area contributed by atoms with Gasteiger partial charge in [0.2, 0.25) is 0 Å². The first-order valence-corrected chi connectivity index (χ1v) is 5.78. The summed E-state index contributed by atoms with van der Waals surface area (Å²) in [5, 5.41) is 9.25. The lowest BCUT2D eigenvalue weighted by molar-refractivity contribution is 0.475. The molecule has 1 aromatic rings. The lowest BCUT2D eigenvalue weighted by Crippen LogP contribution is -1.74. The monoisotopic (exact) mass is 204 g/mol. The van der Waals surface area contributed by atoms with Gasteiger partial charge in [-0.05, 0) is 30.5 Å². The van der Waals surface area contributed by atoms with E-state index < -0.39 is 0 Å². The lowest BCUT2D eigenvalue weighted by atomic mass is 10.1. The Morgan fingerprint density at radius 1 is 1.20 bits per heavy atom. The van der Waals surface area contributed by atoms with Gasteiger partial charge in [-0.2, -0.15) is 0 Å². The second kappa shape index (κ2) is 7.10. The Kier molecular flexibility index (Phi) is 5.60. The highest BCUT2D eigenvalue weighted by Gasteiger charge is 1.89. The standard InChI is InChI=1S/C14H20O/c1-2-3-4-5-6-7-9-13-10-8-11-14(15)12-13/h7-12,15H,2-6H2,1H3. The summed E-state index contributed by atoms with van der Waals surface area (Å²) in [6.45, 7) is 2.22. The third-order valence-electron chi connectivity index (χ3n) is 2.40. The molecule has 0 aromatic heterocycles. The van der Waals surface area contributed by atoms with E-state index in [9.17, 15) is 5.11 Å². The smallest absolute Gasteiger partial charge is 0.116 e. The van der Waals surface area contributed by atoms with Gasteiger partial charge >= 0.3 is 0 Å². The van der Waals surface area contributed by atoms with Crippen LogP contribution in [0.1, 0.15) is 44.6 Å². The summed E-state index contributed by atoms with van der Waals surface area (Å²) in [5.41, 5.74) is 1.07. The second-order valence-corrected chi connectivity index (χ2v) is 3.85. The highest BCUT2D eigenvalue weighted by atomic mass is 16.3. The molecule has 1 nitrogen and oxygen atoms in total. The Labute approximate surface area is 92.5 Å². The third kappa shape index (κ3) is 5.26. The van der Waals surface area contributed by atoms with Crippen molar-refractivity contribution < 1.29 is 5.11 Å². The summed E-state index contributed by atoms with van der Waals surface area (Å²) in [5.74, 6) is 0.336. The van der Waals surface area contributed by atoms with Crippen LogP contribution in [-0.4, -0.2) is 5.11 Å². The van der Waals surface area contributed by atoms with Crippen molar-refractivity contribution in [1.82, 2.24) is 0 Å². The molecule has 1 aromatic carbocycles. The number of allylic oxidation sites excluding steroid dienone is 1. The van der Waals surface area contributed by atoms with Gasteiger partial charge < -0.3 is 5.11 Å². The van der Waals surface area contributed by atoms with Gasteiger partial charge in [-0.15, -0.1) is 0 Å². The summed E-state index contributed by atoms with van der Waals surface area (Å²) in [7, 11) is 0. The molecule has 0 saturated carbocycles. The van der Waals surface area contributed by atoms with Gasteiger partial charge in [0.1, 0.15) is 5.75 Å². The molecule has 0 saturated heterocycles. The summed E-state index contributed by atoms with van der Waals surface area (Å²) in [4.78, 5) is 0. The normalized spacial score (nSPS) is 11.0. The number of unbranched alkanes of at least 4 members (excludes halogenated alkanes) is 4. The van der Waals surface area contributed by atoms with Crippen LogP contribution in [0.15, 0.2) is 30.3 Å². The zero-order valence-corrected chi connectivity index (χ0v) is 9.45. The minimum Gasteiger partial charge on any atom is -0.508 e. The van der Waals surface area contributed by atoms with Crippen LogP contribution in [0.5, 0.6) is 5.75 Å². The van der Waals surface area contributed by atoms with Crippen LogP contribution in [-0.2, 0) is 0 Å². The van der Waals surface area contributed by atoms with E-state index in [1.165, 1.54) is 25.7 Å². The van der Waals surface area contributed by atoms with Crippen LogP contribution < -0.4 is 0 Å². The maximum Gasteiger partial charge on any atom is 0.116 e. The van der Waals surface area contributed by atoms with E-state index in [1.54, 1.807) is 12.1 Å². The molecule has 1 rings (SSSR count). The van der Waals surface area contributed by atoms with Gasteiger partial charge in [0.15, 0.2) is 0 Å². The first-order chi connectivity index (χ1) is 7.33. The fourth-order valence-electron chi connectivity index (χ4n) is 1.54. The fourth-order valence-corrected chi connectivity index (χ4v) is 1.54. The van der Waals surface area contributed by atoms with Gasteiger partial charge in [0, 0.05) is 0 Å². The van der Waals surface area contributed by atoms with Crippen LogP contribution >= 0.6 is 0 Å². The SMILES string of the molecule is CCCCCCC=Cc1cccc(O)c1. The molecular weight excluding hydrogens is 184 g/mol. The van der Waals surface area contributed by atoms with Gasteiger partial charge in [0.25, 0.3) is 0 Å². The molecule has 0 bridgehead atoms. The van der Waals surface area contributed by atoms with E-state index in [4.69, 9.17) is 0 Å². The Bertz CT molecular complexity index is 302. The number of aromatic hydroxyl groups is 1. The zero-order chi connectivity index (χ0) is 10.9. The number of hydrogen-bond donors (Lipinski definition) is 1. The van der Waals surface area contributed by atoms with Gasteiger partial charge in [-0.1, -0.05) is 50.5 Å². The van der Waals surface area contributed by atoms with E-state index in [0.29, 0.717) is 5.75 Å². The highest BCUT2D eigenvalue weighted by molar-refractivity contribution is 5.51. The predicted molar refractivity (Wildman–Crippen MR) is 65.9 cm³/mol. The van der Waals surface area contributed by atoms with Crippen molar-refractivity contribution in [3.63, 3.8) is 0 Å². The lowest BCUT2D eigenvalue weighted by Gasteiger charge is -1.96. The quantitative estimate of drug-likeness (QED) is 0.682. The zero-order valence-electron chi connectivity index (χ0n) is 9.45. The van der Waals surface area contributed by atoms with Crippen LogP contribution in [0.2, 0.25) is 0 Å². The maximum atomic E-state index is 9.25. The van der Waals surface area contributed by atoms with Gasteiger partial charge in [-0.25, -0.2) is 0 Å². The maximum absolute atomic E-state index is 9.25. The molecular formula is C14H20O. The number of phenols is 1. The van der Waals surface area contributed by atoms with Crippen LogP contribution in [0.3, 0.4) is 0 Å². The average Bonchev–Trinajstić information content (AvgIpc) is 2.23. The van der Waals surface area contributed by atoms with E-state index in [0.717, 1.165) is 12.0 Å². The Balaban J connectivity index is 2.26. The minimum atomic E-state index is 0.336. The molecule has 1 heteroatoms. The molecule has 0 spiro atoms. The summed E-state index contributed by atoms with van der Waals surface area (Å²) < 4.78 is 0. The minimum absolute atomic E-state index is 0.336. The van der Waals surface area contributed by atoms with Crippen molar-refractivity contribution in [3.05, 3.63) is 35.9 Å². The van der Waals surface area contributed by atoms with Crippen molar-refractivity contribution in [2.45, 2.75) is 39.0 Å². The summed E-state index contributed by atoms with van der Waals surface area (Å²) >= 11 is 0. The van der Waals surface area contributed by atoms with Crippen LogP contribution in [0, 0.1) is 0 Å². The molecule has 0 aliphatic carbocycles. The van der Waals surface area contributed by atoms with Crippen molar-refractivity contribution >= 4 is 6.08 Å². The van der Waals surface area contributed by atoms with Crippen molar-refractivity contribution in [2.24, 2.45) is 0 Å². The molecule has 0 radical (unpaired) electrons. The largest absolute Gasteiger partial charge is 0.508 e. The van der Waals surface area contributed by atoms with E-state index in [2.05, 4.69) is 19.1 Å². The van der Waals surface area contributed by atoms with E-state index in [1.807, 2.05) is 12.1 Å². The molecule has 0 fully saturated rings. The Morgan fingerprint density at radius 3 is 2.80 bits per heavy atom. The molecule has 0 atom stereocenters. The Hall–Kier alpha value is -1.24. The number of phenolic OH excluding ortho intramolecular Hbond substituents is 1. The summed E-state index contributed by atoms with van der Waals surface area (Å²) in [6.07, 6.45) is 10.6. The molecule has 0 aliphatic rings. The molecule has 0 heterocycles. The first kappa shape index (κ1) is 11.8.